The van der Waals surface area contributed by atoms with Gasteiger partial charge in [0.05, 0.1) is 16.4 Å². The molecule has 2 rings (SSSR count). The standard InChI is InChI=1S/C15H20Cl2N2O/c1-15(2,7-8-20-3)10-19-12-6-4-5-11(17)14(12)18-13(19)9-16/h4-6H,7-10H2,1-3H3. The van der Waals surface area contributed by atoms with Gasteiger partial charge in [0.1, 0.15) is 11.3 Å². The number of para-hydroxylation sites is 1. The van der Waals surface area contributed by atoms with Crippen molar-refractivity contribution >= 4 is 34.2 Å². The number of fused-ring (bicyclic) bond motifs is 1. The van der Waals surface area contributed by atoms with E-state index in [1.165, 1.54) is 0 Å². The van der Waals surface area contributed by atoms with Crippen LogP contribution in [-0.4, -0.2) is 23.3 Å². The lowest BCUT2D eigenvalue weighted by Gasteiger charge is -2.26. The van der Waals surface area contributed by atoms with Gasteiger partial charge in [-0.1, -0.05) is 31.5 Å². The number of hydrogen-bond donors (Lipinski definition) is 0. The Morgan fingerprint density at radius 2 is 2.10 bits per heavy atom. The van der Waals surface area contributed by atoms with Crippen LogP contribution in [0.25, 0.3) is 11.0 Å². The Morgan fingerprint density at radius 3 is 2.75 bits per heavy atom. The molecular formula is C15H20Cl2N2O. The number of imidazole rings is 1. The van der Waals surface area contributed by atoms with Gasteiger partial charge in [0.2, 0.25) is 0 Å². The molecule has 0 N–H and O–H groups in total. The Balaban J connectivity index is 2.40. The van der Waals surface area contributed by atoms with Gasteiger partial charge in [-0.15, -0.1) is 11.6 Å². The highest BCUT2D eigenvalue weighted by Crippen LogP contribution is 2.29. The van der Waals surface area contributed by atoms with E-state index in [0.29, 0.717) is 10.9 Å². The van der Waals surface area contributed by atoms with Crippen molar-refractivity contribution < 1.29 is 4.74 Å². The van der Waals surface area contributed by atoms with E-state index in [4.69, 9.17) is 27.9 Å². The zero-order valence-electron chi connectivity index (χ0n) is 12.1. The summed E-state index contributed by atoms with van der Waals surface area (Å²) in [6.45, 7) is 6.03. The van der Waals surface area contributed by atoms with Gasteiger partial charge in [0, 0.05) is 20.3 Å². The summed E-state index contributed by atoms with van der Waals surface area (Å²) in [7, 11) is 1.73. The Hall–Kier alpha value is -0.770. The van der Waals surface area contributed by atoms with Crippen LogP contribution < -0.4 is 0 Å². The molecule has 0 aliphatic heterocycles. The van der Waals surface area contributed by atoms with Crippen molar-refractivity contribution in [3.8, 4) is 0 Å². The van der Waals surface area contributed by atoms with Crippen molar-refractivity contribution in [2.24, 2.45) is 5.41 Å². The van der Waals surface area contributed by atoms with Crippen LogP contribution in [-0.2, 0) is 17.2 Å². The van der Waals surface area contributed by atoms with Gasteiger partial charge in [-0.25, -0.2) is 4.98 Å². The van der Waals surface area contributed by atoms with Crippen molar-refractivity contribution in [2.75, 3.05) is 13.7 Å². The highest BCUT2D eigenvalue weighted by atomic mass is 35.5. The first-order chi connectivity index (χ1) is 9.48. The molecule has 0 bridgehead atoms. The van der Waals surface area contributed by atoms with E-state index in [9.17, 15) is 0 Å². The molecule has 5 heteroatoms. The van der Waals surface area contributed by atoms with Crippen LogP contribution in [0, 0.1) is 5.41 Å². The summed E-state index contributed by atoms with van der Waals surface area (Å²) in [4.78, 5) is 4.56. The molecule has 0 saturated heterocycles. The molecule has 1 aromatic heterocycles. The molecule has 0 radical (unpaired) electrons. The van der Waals surface area contributed by atoms with Crippen molar-refractivity contribution in [3.05, 3.63) is 29.0 Å². The smallest absolute Gasteiger partial charge is 0.124 e. The summed E-state index contributed by atoms with van der Waals surface area (Å²) in [5, 5.41) is 0.669. The van der Waals surface area contributed by atoms with E-state index in [2.05, 4.69) is 23.4 Å². The first-order valence-corrected chi connectivity index (χ1v) is 7.58. The van der Waals surface area contributed by atoms with Crippen LogP contribution in [0.1, 0.15) is 26.1 Å². The van der Waals surface area contributed by atoms with E-state index in [1.807, 2.05) is 18.2 Å². The average molecular weight is 315 g/mol. The molecular weight excluding hydrogens is 295 g/mol. The minimum absolute atomic E-state index is 0.104. The summed E-state index contributed by atoms with van der Waals surface area (Å²) in [6.07, 6.45) is 0.978. The molecule has 20 heavy (non-hydrogen) atoms. The molecule has 1 heterocycles. The quantitative estimate of drug-likeness (QED) is 0.734. The Morgan fingerprint density at radius 1 is 1.35 bits per heavy atom. The first kappa shape index (κ1) is 15.6. The Bertz CT molecular complexity index is 593. The average Bonchev–Trinajstić information content (AvgIpc) is 2.76. The van der Waals surface area contributed by atoms with Crippen LogP contribution in [0.5, 0.6) is 0 Å². The number of alkyl halides is 1. The lowest BCUT2D eigenvalue weighted by Crippen LogP contribution is -2.22. The molecule has 0 aliphatic carbocycles. The van der Waals surface area contributed by atoms with Gasteiger partial charge in [-0.2, -0.15) is 0 Å². The van der Waals surface area contributed by atoms with Gasteiger partial charge in [0.25, 0.3) is 0 Å². The summed E-state index contributed by atoms with van der Waals surface area (Å²) in [5.41, 5.74) is 1.97. The zero-order chi connectivity index (χ0) is 14.8. The zero-order valence-corrected chi connectivity index (χ0v) is 13.6. The maximum Gasteiger partial charge on any atom is 0.124 e. The van der Waals surface area contributed by atoms with Gasteiger partial charge >= 0.3 is 0 Å². The maximum atomic E-state index is 6.22. The summed E-state index contributed by atoms with van der Waals surface area (Å²) >= 11 is 12.3. The van der Waals surface area contributed by atoms with Gasteiger partial charge in [-0.3, -0.25) is 0 Å². The van der Waals surface area contributed by atoms with Crippen LogP contribution in [0.2, 0.25) is 5.02 Å². The van der Waals surface area contributed by atoms with Crippen LogP contribution in [0.3, 0.4) is 0 Å². The topological polar surface area (TPSA) is 27.1 Å². The maximum absolute atomic E-state index is 6.22. The van der Waals surface area contributed by atoms with E-state index in [-0.39, 0.29) is 5.41 Å². The van der Waals surface area contributed by atoms with Gasteiger partial charge < -0.3 is 9.30 Å². The number of hydrogen-bond acceptors (Lipinski definition) is 2. The fourth-order valence-electron chi connectivity index (χ4n) is 2.32. The van der Waals surface area contributed by atoms with Crippen molar-refractivity contribution in [1.29, 1.82) is 0 Å². The van der Waals surface area contributed by atoms with Crippen LogP contribution in [0.15, 0.2) is 18.2 Å². The molecule has 1 aromatic carbocycles. The first-order valence-electron chi connectivity index (χ1n) is 6.67. The van der Waals surface area contributed by atoms with Gasteiger partial charge in [-0.05, 0) is 24.0 Å². The Labute approximate surface area is 129 Å². The third-order valence-electron chi connectivity index (χ3n) is 3.50. The van der Waals surface area contributed by atoms with Crippen molar-refractivity contribution in [1.82, 2.24) is 9.55 Å². The minimum atomic E-state index is 0.104. The SMILES string of the molecule is COCCC(C)(C)Cn1c(CCl)nc2c(Cl)cccc21. The van der Waals surface area contributed by atoms with Crippen molar-refractivity contribution in [2.45, 2.75) is 32.7 Å². The fraction of sp³-hybridized carbons (Fsp3) is 0.533. The Kier molecular flexibility index (Phi) is 4.95. The second kappa shape index (κ2) is 6.33. The van der Waals surface area contributed by atoms with Crippen molar-refractivity contribution in [3.63, 3.8) is 0 Å². The summed E-state index contributed by atoms with van der Waals surface area (Å²) in [6, 6.07) is 5.84. The van der Waals surface area contributed by atoms with Gasteiger partial charge in [0.15, 0.2) is 0 Å². The number of aromatic nitrogens is 2. The second-order valence-corrected chi connectivity index (χ2v) is 6.44. The third kappa shape index (κ3) is 3.27. The molecule has 0 aliphatic rings. The lowest BCUT2D eigenvalue weighted by molar-refractivity contribution is 0.143. The summed E-state index contributed by atoms with van der Waals surface area (Å²) in [5.74, 6) is 1.24. The molecule has 0 amide bonds. The predicted octanol–water partition coefficient (Wildman–Crippen LogP) is 4.49. The van der Waals surface area contributed by atoms with Crippen LogP contribution >= 0.6 is 23.2 Å². The predicted molar refractivity (Wildman–Crippen MR) is 84.6 cm³/mol. The normalized spacial score (nSPS) is 12.2. The fourth-order valence-corrected chi connectivity index (χ4v) is 2.74. The van der Waals surface area contributed by atoms with E-state index < -0.39 is 0 Å². The van der Waals surface area contributed by atoms with E-state index in [0.717, 1.165) is 36.4 Å². The monoisotopic (exact) mass is 314 g/mol. The molecule has 0 spiro atoms. The lowest BCUT2D eigenvalue weighted by atomic mass is 9.89. The molecule has 2 aromatic rings. The molecule has 0 atom stereocenters. The molecule has 110 valence electrons. The highest BCUT2D eigenvalue weighted by molar-refractivity contribution is 6.35. The highest BCUT2D eigenvalue weighted by Gasteiger charge is 2.22. The largest absolute Gasteiger partial charge is 0.385 e. The number of methoxy groups -OCH3 is 1. The summed E-state index contributed by atoms with van der Waals surface area (Å²) < 4.78 is 7.36. The third-order valence-corrected chi connectivity index (χ3v) is 4.04. The number of nitrogens with zero attached hydrogens (tertiary/aromatic N) is 2. The minimum Gasteiger partial charge on any atom is -0.385 e. The van der Waals surface area contributed by atoms with E-state index in [1.54, 1.807) is 7.11 Å². The number of benzene rings is 1. The molecule has 0 saturated carbocycles. The van der Waals surface area contributed by atoms with E-state index >= 15 is 0 Å². The molecule has 0 fully saturated rings. The molecule has 3 nitrogen and oxygen atoms in total. The van der Waals surface area contributed by atoms with Crippen LogP contribution in [0.4, 0.5) is 0 Å². The number of rotatable bonds is 6. The number of halogens is 2. The molecule has 0 unspecified atom stereocenters. The second-order valence-electron chi connectivity index (χ2n) is 5.76. The number of ether oxygens (including phenoxy) is 1.